The van der Waals surface area contributed by atoms with Crippen molar-refractivity contribution in [3.8, 4) is 56.8 Å². The average molecular weight is 810 g/mol. The van der Waals surface area contributed by atoms with Crippen LogP contribution in [0.25, 0.3) is 45.3 Å². The fraction of sp³-hybridized carbons (Fsp3) is 0. The molecule has 0 saturated heterocycles. The first-order valence-corrected chi connectivity index (χ1v) is 22.4. The van der Waals surface area contributed by atoms with Crippen molar-refractivity contribution in [1.82, 2.24) is 15.0 Å². The lowest BCUT2D eigenvalue weighted by molar-refractivity contribution is 0.483. The molecule has 1 aromatic heterocycles. The van der Waals surface area contributed by atoms with Crippen LogP contribution in [-0.2, 0) is 0 Å². The van der Waals surface area contributed by atoms with E-state index in [2.05, 4.69) is 133 Å². The number of anilines is 3. The standard InChI is InChI=1S/C45H46B14N4O/c46-26-25(27(47)35(55)40(34(26)54)63(41-36(56)30(50)28(48)31(51)37(41)57)42-38(58)32(52)29(49)33(53)39(42)59)21-16-22(18-24(17-21)64-23-14-8-3-9-15-23)45-61-43(19-10-4-1-5-11-19)60-44(62-45)20-12-6-2-7-13-20/h1-18H,46-59H2. The Balaban J connectivity index is 1.41. The van der Waals surface area contributed by atoms with Gasteiger partial charge in [0.05, 0.1) is 0 Å². The predicted octanol–water partition coefficient (Wildman–Crippen LogP) is -12.6. The SMILES string of the molecule is Bc1c(B)c(B)c(N(c2c(B)c(B)c(B)c(B)c2B)c2c(B)c(B)c(-c3cc(Oc4ccccc4)cc(-c4nc(-c5ccccc5)nc(-c5ccccc5)n4)c3)c(B)c2B)c(B)c1B. The van der Waals surface area contributed by atoms with Gasteiger partial charge in [0.25, 0.3) is 0 Å². The van der Waals surface area contributed by atoms with E-state index in [0.717, 1.165) is 28.0 Å². The van der Waals surface area contributed by atoms with E-state index in [0.29, 0.717) is 23.2 Å². The van der Waals surface area contributed by atoms with Crippen molar-refractivity contribution in [2.24, 2.45) is 0 Å². The van der Waals surface area contributed by atoms with E-state index in [4.69, 9.17) is 19.7 Å². The second-order valence-corrected chi connectivity index (χ2v) is 17.7. The highest BCUT2D eigenvalue weighted by molar-refractivity contribution is 6.72. The van der Waals surface area contributed by atoms with Crippen LogP contribution in [0.1, 0.15) is 0 Å². The van der Waals surface area contributed by atoms with E-state index in [1.807, 2.05) is 91.0 Å². The van der Waals surface area contributed by atoms with Gasteiger partial charge in [0, 0.05) is 33.8 Å². The number of para-hydroxylation sites is 1. The number of nitrogens with zero attached hydrogens (tertiary/aromatic N) is 4. The lowest BCUT2D eigenvalue weighted by atomic mass is 9.59. The minimum Gasteiger partial charge on any atom is -0.457 e. The van der Waals surface area contributed by atoms with Crippen molar-refractivity contribution in [2.75, 3.05) is 4.90 Å². The Kier molecular flexibility index (Phi) is 12.5. The van der Waals surface area contributed by atoms with Gasteiger partial charge in [-0.05, 0) is 41.5 Å². The summed E-state index contributed by atoms with van der Waals surface area (Å²) in [6, 6.07) is 36.7. The topological polar surface area (TPSA) is 51.1 Å². The summed E-state index contributed by atoms with van der Waals surface area (Å²) in [4.78, 5) is 17.9. The summed E-state index contributed by atoms with van der Waals surface area (Å²) < 4.78 is 6.69. The van der Waals surface area contributed by atoms with Gasteiger partial charge in [-0.2, -0.15) is 0 Å². The van der Waals surface area contributed by atoms with E-state index in [9.17, 15) is 0 Å². The van der Waals surface area contributed by atoms with Gasteiger partial charge in [-0.25, -0.2) is 15.0 Å². The van der Waals surface area contributed by atoms with Crippen molar-refractivity contribution < 1.29 is 4.74 Å². The molecule has 0 atom stereocenters. The Morgan fingerprint density at radius 2 is 0.609 bits per heavy atom. The van der Waals surface area contributed by atoms with E-state index in [1.165, 1.54) is 99.1 Å². The first kappa shape index (κ1) is 44.7. The summed E-state index contributed by atoms with van der Waals surface area (Å²) in [5, 5.41) is 0. The summed E-state index contributed by atoms with van der Waals surface area (Å²) in [5.74, 6) is 3.26. The van der Waals surface area contributed by atoms with Gasteiger partial charge < -0.3 is 9.64 Å². The molecule has 0 aliphatic heterocycles. The van der Waals surface area contributed by atoms with Gasteiger partial charge in [0.1, 0.15) is 121 Å². The molecule has 8 aromatic rings. The zero-order valence-corrected chi connectivity index (χ0v) is 40.1. The molecule has 0 saturated carbocycles. The summed E-state index contributed by atoms with van der Waals surface area (Å²) in [6.07, 6.45) is 0. The highest BCUT2D eigenvalue weighted by atomic mass is 16.5. The van der Waals surface area contributed by atoms with Crippen LogP contribution in [0.5, 0.6) is 11.5 Å². The van der Waals surface area contributed by atoms with Crippen LogP contribution in [0.4, 0.5) is 17.1 Å². The first-order valence-electron chi connectivity index (χ1n) is 22.4. The molecule has 0 aliphatic carbocycles. The molecule has 0 radical (unpaired) electrons. The van der Waals surface area contributed by atoms with Crippen molar-refractivity contribution in [3.05, 3.63) is 109 Å². The Labute approximate surface area is 391 Å². The Morgan fingerprint density at radius 3 is 1.00 bits per heavy atom. The molecule has 0 aliphatic rings. The minimum atomic E-state index is 0.575. The quantitative estimate of drug-likeness (QED) is 0.136. The fourth-order valence-corrected chi connectivity index (χ4v) is 9.52. The zero-order valence-electron chi connectivity index (χ0n) is 40.1. The number of ether oxygens (including phenoxy) is 1. The van der Waals surface area contributed by atoms with Crippen molar-refractivity contribution in [1.29, 1.82) is 0 Å². The van der Waals surface area contributed by atoms with E-state index < -0.39 is 0 Å². The van der Waals surface area contributed by atoms with Crippen LogP contribution in [0.2, 0.25) is 0 Å². The van der Waals surface area contributed by atoms with Crippen molar-refractivity contribution in [3.63, 3.8) is 0 Å². The molecule has 294 valence electrons. The normalized spacial score (nSPS) is 11.1. The first-order chi connectivity index (χ1) is 30.6. The summed E-state index contributed by atoms with van der Waals surface area (Å²) >= 11 is 0. The second kappa shape index (κ2) is 17.9. The molecule has 0 bridgehead atoms. The molecule has 19 heteroatoms. The maximum absolute atomic E-state index is 6.69. The van der Waals surface area contributed by atoms with Gasteiger partial charge in [-0.3, -0.25) is 0 Å². The maximum Gasteiger partial charge on any atom is 0.164 e. The number of hydrogen-bond acceptors (Lipinski definition) is 5. The van der Waals surface area contributed by atoms with Gasteiger partial charge >= 0.3 is 0 Å². The van der Waals surface area contributed by atoms with Gasteiger partial charge in [-0.15, -0.1) is 10.9 Å². The molecule has 64 heavy (non-hydrogen) atoms. The van der Waals surface area contributed by atoms with Gasteiger partial charge in [0.2, 0.25) is 0 Å². The lowest BCUT2D eigenvalue weighted by Gasteiger charge is -2.39. The summed E-state index contributed by atoms with van der Waals surface area (Å²) in [5.41, 5.74) is 26.9. The number of benzene rings is 7. The second-order valence-electron chi connectivity index (χ2n) is 17.7. The van der Waals surface area contributed by atoms with Crippen molar-refractivity contribution >= 4 is 203 Å². The number of aromatic nitrogens is 3. The average Bonchev–Trinajstić information content (AvgIpc) is 3.31. The molecule has 0 amide bonds. The van der Waals surface area contributed by atoms with Crippen LogP contribution < -0.4 is 86.1 Å². The van der Waals surface area contributed by atoms with Crippen LogP contribution in [0.3, 0.4) is 0 Å². The molecular weight excluding hydrogens is 764 g/mol. The third-order valence-electron chi connectivity index (χ3n) is 14.3. The monoisotopic (exact) mass is 812 g/mol. The highest BCUT2D eigenvalue weighted by Crippen LogP contribution is 2.34. The Bertz CT molecular complexity index is 2930. The highest BCUT2D eigenvalue weighted by Gasteiger charge is 2.29. The van der Waals surface area contributed by atoms with Crippen LogP contribution >= 0.6 is 0 Å². The maximum atomic E-state index is 6.69. The molecule has 7 aromatic carbocycles. The van der Waals surface area contributed by atoms with E-state index >= 15 is 0 Å². The van der Waals surface area contributed by atoms with Crippen LogP contribution in [0, 0.1) is 0 Å². The van der Waals surface area contributed by atoms with Crippen LogP contribution in [0.15, 0.2) is 109 Å². The predicted molar refractivity (Wildman–Crippen MR) is 317 cm³/mol. The number of hydrogen-bond donors (Lipinski definition) is 0. The molecule has 1 heterocycles. The Morgan fingerprint density at radius 1 is 0.297 bits per heavy atom. The van der Waals surface area contributed by atoms with Gasteiger partial charge in [0.15, 0.2) is 17.5 Å². The number of rotatable bonds is 9. The third-order valence-corrected chi connectivity index (χ3v) is 14.3. The summed E-state index contributed by atoms with van der Waals surface area (Å²) in [7, 11) is 32.1. The summed E-state index contributed by atoms with van der Waals surface area (Å²) in [6.45, 7) is 0. The fourth-order valence-electron chi connectivity index (χ4n) is 9.52. The smallest absolute Gasteiger partial charge is 0.164 e. The van der Waals surface area contributed by atoms with Gasteiger partial charge in [-0.1, -0.05) is 144 Å². The minimum absolute atomic E-state index is 0.575. The zero-order chi connectivity index (χ0) is 45.7. The molecule has 8 rings (SSSR count). The Hall–Kier alpha value is -5.94. The molecule has 5 nitrogen and oxygen atoms in total. The molecule has 0 spiro atoms. The lowest BCUT2D eigenvalue weighted by Crippen LogP contribution is -2.60. The third kappa shape index (κ3) is 7.97. The van der Waals surface area contributed by atoms with Crippen molar-refractivity contribution in [2.45, 2.75) is 0 Å². The molecule has 0 fully saturated rings. The largest absolute Gasteiger partial charge is 0.457 e. The van der Waals surface area contributed by atoms with E-state index in [1.54, 1.807) is 0 Å². The van der Waals surface area contributed by atoms with Crippen LogP contribution in [-0.4, -0.2) is 125 Å². The van der Waals surface area contributed by atoms with E-state index in [-0.39, 0.29) is 0 Å². The molecule has 0 unspecified atom stereocenters. The molecule has 0 N–H and O–H groups in total. The molecular formula is C45H46B14N4O.